The fraction of sp³-hybridized carbons (Fsp3) is 0.350. The maximum absolute atomic E-state index is 10.7. The van der Waals surface area contributed by atoms with Crippen molar-refractivity contribution in [3.8, 4) is 0 Å². The molecule has 6 heteroatoms. The normalized spacial score (nSPS) is 35.8. The minimum absolute atomic E-state index is 0.357. The summed E-state index contributed by atoms with van der Waals surface area (Å²) in [4.78, 5) is 4.52. The fourth-order valence-electron chi connectivity index (χ4n) is 3.59. The van der Waals surface area contributed by atoms with E-state index in [0.29, 0.717) is 12.5 Å². The highest BCUT2D eigenvalue weighted by Gasteiger charge is 2.53. The maximum atomic E-state index is 10.7. The van der Waals surface area contributed by atoms with E-state index in [-0.39, 0.29) is 6.10 Å². The Morgan fingerprint density at radius 2 is 1.65 bits per heavy atom. The molecular formula is C20H19NO5. The largest absolute Gasteiger partial charge is 0.445 e. The maximum Gasteiger partial charge on any atom is 0.227 e. The molecule has 2 saturated heterocycles. The molecule has 5 rings (SSSR count). The third-order valence-corrected chi connectivity index (χ3v) is 4.92. The summed E-state index contributed by atoms with van der Waals surface area (Å²) >= 11 is 0. The molecule has 6 atom stereocenters. The van der Waals surface area contributed by atoms with Crippen molar-refractivity contribution in [2.75, 3.05) is 6.61 Å². The quantitative estimate of drug-likeness (QED) is 0.914. The average Bonchev–Trinajstić information content (AvgIpc) is 3.40. The van der Waals surface area contributed by atoms with E-state index in [2.05, 4.69) is 4.99 Å². The van der Waals surface area contributed by atoms with Crippen molar-refractivity contribution >= 4 is 5.90 Å². The van der Waals surface area contributed by atoms with Gasteiger partial charge in [-0.2, -0.15) is 0 Å². The molecule has 0 spiro atoms. The number of aliphatic imine (C=N–C) groups is 1. The number of aliphatic hydroxyl groups is 1. The van der Waals surface area contributed by atoms with Gasteiger partial charge in [-0.3, -0.25) is 0 Å². The number of hydrogen-bond acceptors (Lipinski definition) is 6. The number of rotatable bonds is 3. The number of hydrogen-bond donors (Lipinski definition) is 1. The van der Waals surface area contributed by atoms with E-state index in [9.17, 15) is 5.11 Å². The molecule has 3 aliphatic heterocycles. The third-order valence-electron chi connectivity index (χ3n) is 4.92. The SMILES string of the molecule is OC1C2N=C(c3ccccc3)OC2OC1C1COC(c2ccccc2)O1. The van der Waals surface area contributed by atoms with E-state index >= 15 is 0 Å². The van der Waals surface area contributed by atoms with Gasteiger partial charge in [-0.15, -0.1) is 0 Å². The van der Waals surface area contributed by atoms with Gasteiger partial charge in [0, 0.05) is 11.1 Å². The van der Waals surface area contributed by atoms with Crippen LogP contribution in [-0.2, 0) is 18.9 Å². The van der Waals surface area contributed by atoms with Crippen LogP contribution in [0.15, 0.2) is 65.7 Å². The number of aliphatic hydroxyl groups excluding tert-OH is 1. The van der Waals surface area contributed by atoms with Crippen molar-refractivity contribution in [3.05, 3.63) is 71.8 Å². The van der Waals surface area contributed by atoms with Gasteiger partial charge >= 0.3 is 0 Å². The van der Waals surface area contributed by atoms with Crippen LogP contribution in [0.5, 0.6) is 0 Å². The van der Waals surface area contributed by atoms with Crippen LogP contribution in [0.1, 0.15) is 17.4 Å². The summed E-state index contributed by atoms with van der Waals surface area (Å²) in [6, 6.07) is 18.9. The van der Waals surface area contributed by atoms with Crippen molar-refractivity contribution in [2.24, 2.45) is 4.99 Å². The minimum atomic E-state index is -0.802. The Morgan fingerprint density at radius 3 is 2.38 bits per heavy atom. The Labute approximate surface area is 151 Å². The number of ether oxygens (including phenoxy) is 4. The molecule has 1 N–H and O–H groups in total. The Bertz CT molecular complexity index is 796. The third kappa shape index (κ3) is 2.71. The highest BCUT2D eigenvalue weighted by Crippen LogP contribution is 2.37. The summed E-state index contributed by atoms with van der Waals surface area (Å²) in [6.07, 6.45) is -2.73. The molecule has 3 aliphatic rings. The number of benzene rings is 2. The first-order valence-electron chi connectivity index (χ1n) is 8.75. The molecule has 134 valence electrons. The second-order valence-corrected chi connectivity index (χ2v) is 6.62. The zero-order chi connectivity index (χ0) is 17.5. The zero-order valence-corrected chi connectivity index (χ0v) is 14.0. The average molecular weight is 353 g/mol. The fourth-order valence-corrected chi connectivity index (χ4v) is 3.59. The Morgan fingerprint density at radius 1 is 0.923 bits per heavy atom. The Balaban J connectivity index is 1.28. The van der Waals surface area contributed by atoms with Gasteiger partial charge in [0.2, 0.25) is 12.2 Å². The zero-order valence-electron chi connectivity index (χ0n) is 14.0. The lowest BCUT2D eigenvalue weighted by molar-refractivity contribution is -0.138. The summed E-state index contributed by atoms with van der Waals surface area (Å²) in [5.41, 5.74) is 1.82. The molecule has 0 aromatic heterocycles. The van der Waals surface area contributed by atoms with Crippen LogP contribution < -0.4 is 0 Å². The first-order chi connectivity index (χ1) is 12.8. The van der Waals surface area contributed by atoms with Gasteiger partial charge in [-0.05, 0) is 12.1 Å². The van der Waals surface area contributed by atoms with E-state index in [1.807, 2.05) is 60.7 Å². The van der Waals surface area contributed by atoms with E-state index < -0.39 is 30.8 Å². The van der Waals surface area contributed by atoms with Crippen molar-refractivity contribution in [3.63, 3.8) is 0 Å². The summed E-state index contributed by atoms with van der Waals surface area (Å²) in [6.45, 7) is 0.357. The molecule has 6 unspecified atom stereocenters. The monoisotopic (exact) mass is 353 g/mol. The Kier molecular flexibility index (Phi) is 3.98. The Hall–Kier alpha value is -2.25. The highest BCUT2D eigenvalue weighted by atomic mass is 16.8. The van der Waals surface area contributed by atoms with Crippen molar-refractivity contribution in [1.82, 2.24) is 0 Å². The van der Waals surface area contributed by atoms with Gasteiger partial charge in [0.1, 0.15) is 24.4 Å². The van der Waals surface area contributed by atoms with E-state index in [4.69, 9.17) is 18.9 Å². The number of nitrogens with zero attached hydrogens (tertiary/aromatic N) is 1. The lowest BCUT2D eigenvalue weighted by Crippen LogP contribution is -2.39. The van der Waals surface area contributed by atoms with Crippen molar-refractivity contribution in [2.45, 2.75) is 36.9 Å². The van der Waals surface area contributed by atoms with Gasteiger partial charge in [-0.25, -0.2) is 4.99 Å². The molecular weight excluding hydrogens is 334 g/mol. The molecule has 2 aromatic rings. The molecule has 0 bridgehead atoms. The molecule has 26 heavy (non-hydrogen) atoms. The molecule has 0 saturated carbocycles. The topological polar surface area (TPSA) is 69.5 Å². The summed E-state index contributed by atoms with van der Waals surface area (Å²) in [5.74, 6) is 0.504. The smallest absolute Gasteiger partial charge is 0.227 e. The molecule has 0 radical (unpaired) electrons. The van der Waals surface area contributed by atoms with Gasteiger partial charge in [0.25, 0.3) is 0 Å². The lowest BCUT2D eigenvalue weighted by atomic mass is 10.1. The van der Waals surface area contributed by atoms with Crippen LogP contribution in [0.2, 0.25) is 0 Å². The molecule has 2 fully saturated rings. The molecule has 2 aromatic carbocycles. The molecule has 0 amide bonds. The second-order valence-electron chi connectivity index (χ2n) is 6.62. The highest BCUT2D eigenvalue weighted by molar-refractivity contribution is 5.95. The van der Waals surface area contributed by atoms with Gasteiger partial charge in [0.15, 0.2) is 6.29 Å². The van der Waals surface area contributed by atoms with Gasteiger partial charge in [0.05, 0.1) is 6.61 Å². The first-order valence-corrected chi connectivity index (χ1v) is 8.75. The van der Waals surface area contributed by atoms with Crippen molar-refractivity contribution in [1.29, 1.82) is 0 Å². The number of fused-ring (bicyclic) bond motifs is 1. The predicted molar refractivity (Wildman–Crippen MR) is 92.5 cm³/mol. The van der Waals surface area contributed by atoms with E-state index in [1.165, 1.54) is 0 Å². The standard InChI is InChI=1S/C20H19NO5/c22-16-15-20(26-18(21-15)12-7-3-1-4-8-12)25-17(16)14-11-23-19(24-14)13-9-5-2-6-10-13/h1-10,14-17,19-20,22H,11H2. The van der Waals surface area contributed by atoms with Crippen LogP contribution in [0.4, 0.5) is 0 Å². The van der Waals surface area contributed by atoms with Gasteiger partial charge < -0.3 is 24.1 Å². The van der Waals surface area contributed by atoms with Crippen LogP contribution in [0.3, 0.4) is 0 Å². The first kappa shape index (κ1) is 16.0. The van der Waals surface area contributed by atoms with Crippen LogP contribution >= 0.6 is 0 Å². The summed E-state index contributed by atoms with van der Waals surface area (Å²) in [5, 5.41) is 10.7. The van der Waals surface area contributed by atoms with Crippen LogP contribution in [-0.4, -0.2) is 48.3 Å². The van der Waals surface area contributed by atoms with Gasteiger partial charge in [-0.1, -0.05) is 48.5 Å². The minimum Gasteiger partial charge on any atom is -0.445 e. The van der Waals surface area contributed by atoms with E-state index in [0.717, 1.165) is 11.1 Å². The predicted octanol–water partition coefficient (Wildman–Crippen LogP) is 2.03. The van der Waals surface area contributed by atoms with Crippen molar-refractivity contribution < 1.29 is 24.1 Å². The summed E-state index contributed by atoms with van der Waals surface area (Å²) < 4.78 is 23.4. The molecule has 0 aliphatic carbocycles. The van der Waals surface area contributed by atoms with Crippen LogP contribution in [0.25, 0.3) is 0 Å². The van der Waals surface area contributed by atoms with Crippen LogP contribution in [0, 0.1) is 0 Å². The molecule has 3 heterocycles. The second kappa shape index (κ2) is 6.48. The summed E-state index contributed by atoms with van der Waals surface area (Å²) in [7, 11) is 0. The lowest BCUT2D eigenvalue weighted by Gasteiger charge is -2.21. The molecule has 6 nitrogen and oxygen atoms in total. The van der Waals surface area contributed by atoms with E-state index in [1.54, 1.807) is 0 Å².